The van der Waals surface area contributed by atoms with Gasteiger partial charge in [0.15, 0.2) is 0 Å². The molecule has 0 spiro atoms. The van der Waals surface area contributed by atoms with E-state index in [-0.39, 0.29) is 6.03 Å². The Kier molecular flexibility index (Phi) is 4.48. The van der Waals surface area contributed by atoms with Gasteiger partial charge in [0.1, 0.15) is 5.65 Å². The van der Waals surface area contributed by atoms with Crippen LogP contribution in [0.3, 0.4) is 0 Å². The monoisotopic (exact) mass is 328 g/mol. The molecule has 0 saturated heterocycles. The van der Waals surface area contributed by atoms with E-state index in [9.17, 15) is 4.79 Å². The number of carbonyl (C=O) groups is 1. The summed E-state index contributed by atoms with van der Waals surface area (Å²) < 4.78 is 1.98. The van der Waals surface area contributed by atoms with Crippen molar-refractivity contribution in [2.75, 3.05) is 11.9 Å². The van der Waals surface area contributed by atoms with Gasteiger partial charge < -0.3 is 15.0 Å². The summed E-state index contributed by atoms with van der Waals surface area (Å²) in [6.45, 7) is 2.55. The topological polar surface area (TPSA) is 58.4 Å². The van der Waals surface area contributed by atoms with Crippen LogP contribution in [0.25, 0.3) is 5.65 Å². The van der Waals surface area contributed by atoms with E-state index in [1.54, 1.807) is 24.3 Å². The lowest BCUT2D eigenvalue weighted by molar-refractivity contribution is 0.252. The molecule has 2 aromatic heterocycles. The first-order valence-electron chi connectivity index (χ1n) is 7.35. The van der Waals surface area contributed by atoms with Crippen LogP contribution < -0.4 is 10.6 Å². The molecule has 0 aliphatic rings. The number of urea groups is 1. The molecule has 0 fully saturated rings. The standard InChI is InChI=1S/C17H17ClN4O/c1-12-6-8-22-11-15(20-16(22)9-12)5-7-19-17(23)21-14-4-2-3-13(18)10-14/h2-4,6,8-11H,5,7H2,1H3,(H2,19,21,23). The number of rotatable bonds is 4. The average Bonchev–Trinajstić information content (AvgIpc) is 2.89. The van der Waals surface area contributed by atoms with Gasteiger partial charge in [-0.1, -0.05) is 17.7 Å². The first kappa shape index (κ1) is 15.4. The number of hydrogen-bond donors (Lipinski definition) is 2. The van der Waals surface area contributed by atoms with Gasteiger partial charge in [0.2, 0.25) is 0 Å². The molecule has 0 aliphatic heterocycles. The van der Waals surface area contributed by atoms with E-state index in [2.05, 4.69) is 15.6 Å². The summed E-state index contributed by atoms with van der Waals surface area (Å²) in [5, 5.41) is 6.14. The number of imidazole rings is 1. The summed E-state index contributed by atoms with van der Waals surface area (Å²) in [6, 6.07) is 10.8. The number of aryl methyl sites for hydroxylation is 1. The summed E-state index contributed by atoms with van der Waals surface area (Å²) in [5.41, 5.74) is 3.70. The third kappa shape index (κ3) is 4.02. The minimum Gasteiger partial charge on any atom is -0.337 e. The van der Waals surface area contributed by atoms with Crippen molar-refractivity contribution in [2.24, 2.45) is 0 Å². The molecule has 0 bridgehead atoms. The Labute approximate surface area is 139 Å². The number of halogens is 1. The Balaban J connectivity index is 1.52. The van der Waals surface area contributed by atoms with Crippen molar-refractivity contribution < 1.29 is 4.79 Å². The Morgan fingerprint density at radius 1 is 1.30 bits per heavy atom. The van der Waals surface area contributed by atoms with Gasteiger partial charge in [-0.05, 0) is 42.8 Å². The van der Waals surface area contributed by atoms with Gasteiger partial charge in [0, 0.05) is 36.1 Å². The molecule has 2 heterocycles. The average molecular weight is 329 g/mol. The molecule has 0 radical (unpaired) electrons. The lowest BCUT2D eigenvalue weighted by Crippen LogP contribution is -2.30. The van der Waals surface area contributed by atoms with Gasteiger partial charge in [-0.25, -0.2) is 9.78 Å². The van der Waals surface area contributed by atoms with Gasteiger partial charge in [0.05, 0.1) is 5.69 Å². The van der Waals surface area contributed by atoms with Crippen LogP contribution in [-0.4, -0.2) is 22.0 Å². The molecular weight excluding hydrogens is 312 g/mol. The van der Waals surface area contributed by atoms with Crippen molar-refractivity contribution in [1.82, 2.24) is 14.7 Å². The number of hydrogen-bond acceptors (Lipinski definition) is 2. The molecule has 23 heavy (non-hydrogen) atoms. The molecule has 2 amide bonds. The number of pyridine rings is 1. The number of anilines is 1. The van der Waals surface area contributed by atoms with Crippen LogP contribution in [0, 0.1) is 6.92 Å². The minimum atomic E-state index is -0.258. The number of nitrogens with zero attached hydrogens (tertiary/aromatic N) is 2. The predicted octanol–water partition coefficient (Wildman–Crippen LogP) is 3.66. The second kappa shape index (κ2) is 6.71. The maximum absolute atomic E-state index is 11.8. The summed E-state index contributed by atoms with van der Waals surface area (Å²) in [5.74, 6) is 0. The van der Waals surface area contributed by atoms with E-state index in [4.69, 9.17) is 11.6 Å². The molecule has 0 atom stereocenters. The molecule has 0 aliphatic carbocycles. The molecule has 1 aromatic carbocycles. The molecule has 0 saturated carbocycles. The summed E-state index contributed by atoms with van der Waals surface area (Å²) in [4.78, 5) is 16.4. The van der Waals surface area contributed by atoms with Crippen LogP contribution in [0.5, 0.6) is 0 Å². The maximum Gasteiger partial charge on any atom is 0.319 e. The fourth-order valence-electron chi connectivity index (χ4n) is 2.30. The van der Waals surface area contributed by atoms with E-state index >= 15 is 0 Å². The zero-order valence-electron chi connectivity index (χ0n) is 12.7. The Morgan fingerprint density at radius 3 is 3.00 bits per heavy atom. The van der Waals surface area contributed by atoms with Crippen LogP contribution in [0.4, 0.5) is 10.5 Å². The van der Waals surface area contributed by atoms with E-state index < -0.39 is 0 Å². The summed E-state index contributed by atoms with van der Waals surface area (Å²) in [7, 11) is 0. The van der Waals surface area contributed by atoms with Crippen molar-refractivity contribution in [3.8, 4) is 0 Å². The fraction of sp³-hybridized carbons (Fsp3) is 0.176. The van der Waals surface area contributed by atoms with Crippen molar-refractivity contribution in [3.05, 3.63) is 65.1 Å². The number of fused-ring (bicyclic) bond motifs is 1. The molecule has 6 heteroatoms. The largest absolute Gasteiger partial charge is 0.337 e. The number of amides is 2. The molecule has 0 unspecified atom stereocenters. The van der Waals surface area contributed by atoms with Gasteiger partial charge in [0.25, 0.3) is 0 Å². The van der Waals surface area contributed by atoms with Crippen LogP contribution >= 0.6 is 11.6 Å². The van der Waals surface area contributed by atoms with Gasteiger partial charge in [-0.15, -0.1) is 0 Å². The smallest absolute Gasteiger partial charge is 0.319 e. The molecule has 3 rings (SSSR count). The summed E-state index contributed by atoms with van der Waals surface area (Å²) in [6.07, 6.45) is 4.63. The van der Waals surface area contributed by atoms with Crippen molar-refractivity contribution >= 4 is 29.0 Å². The zero-order valence-corrected chi connectivity index (χ0v) is 13.5. The number of aromatic nitrogens is 2. The first-order valence-corrected chi connectivity index (χ1v) is 7.72. The first-order chi connectivity index (χ1) is 11.1. The third-order valence-electron chi connectivity index (χ3n) is 3.41. The molecule has 5 nitrogen and oxygen atoms in total. The Bertz CT molecular complexity index is 843. The Morgan fingerprint density at radius 2 is 2.17 bits per heavy atom. The molecule has 2 N–H and O–H groups in total. The van der Waals surface area contributed by atoms with Gasteiger partial charge in [-0.2, -0.15) is 0 Å². The van der Waals surface area contributed by atoms with Crippen LogP contribution in [0.1, 0.15) is 11.3 Å². The van der Waals surface area contributed by atoms with Gasteiger partial charge >= 0.3 is 6.03 Å². The van der Waals surface area contributed by atoms with E-state index in [1.807, 2.05) is 35.9 Å². The van der Waals surface area contributed by atoms with E-state index in [1.165, 1.54) is 5.56 Å². The van der Waals surface area contributed by atoms with Crippen LogP contribution in [-0.2, 0) is 6.42 Å². The second-order valence-electron chi connectivity index (χ2n) is 5.34. The van der Waals surface area contributed by atoms with Crippen molar-refractivity contribution in [2.45, 2.75) is 13.3 Å². The maximum atomic E-state index is 11.8. The van der Waals surface area contributed by atoms with Crippen molar-refractivity contribution in [1.29, 1.82) is 0 Å². The number of benzene rings is 1. The lowest BCUT2D eigenvalue weighted by Gasteiger charge is -2.07. The highest BCUT2D eigenvalue weighted by atomic mass is 35.5. The SMILES string of the molecule is Cc1ccn2cc(CCNC(=O)Nc3cccc(Cl)c3)nc2c1. The summed E-state index contributed by atoms with van der Waals surface area (Å²) >= 11 is 5.88. The number of nitrogens with one attached hydrogen (secondary N) is 2. The highest BCUT2D eigenvalue weighted by Crippen LogP contribution is 2.14. The van der Waals surface area contributed by atoms with Crippen LogP contribution in [0.2, 0.25) is 5.02 Å². The van der Waals surface area contributed by atoms with E-state index in [0.29, 0.717) is 23.7 Å². The third-order valence-corrected chi connectivity index (χ3v) is 3.65. The van der Waals surface area contributed by atoms with E-state index in [0.717, 1.165) is 11.3 Å². The fourth-order valence-corrected chi connectivity index (χ4v) is 2.49. The minimum absolute atomic E-state index is 0.258. The Hall–Kier alpha value is -2.53. The quantitative estimate of drug-likeness (QED) is 0.768. The van der Waals surface area contributed by atoms with Crippen LogP contribution in [0.15, 0.2) is 48.8 Å². The molecule has 118 valence electrons. The highest BCUT2D eigenvalue weighted by Gasteiger charge is 2.04. The highest BCUT2D eigenvalue weighted by molar-refractivity contribution is 6.30. The van der Waals surface area contributed by atoms with Crippen molar-refractivity contribution in [3.63, 3.8) is 0 Å². The second-order valence-corrected chi connectivity index (χ2v) is 5.78. The normalized spacial score (nSPS) is 10.7. The lowest BCUT2D eigenvalue weighted by atomic mass is 10.3. The molecule has 3 aromatic rings. The zero-order chi connectivity index (χ0) is 16.2. The van der Waals surface area contributed by atoms with Gasteiger partial charge in [-0.3, -0.25) is 0 Å². The predicted molar refractivity (Wildman–Crippen MR) is 92.1 cm³/mol. The molecular formula is C17H17ClN4O. The number of carbonyl (C=O) groups excluding carboxylic acids is 1.